The van der Waals surface area contributed by atoms with E-state index in [1.807, 2.05) is 0 Å². The molecule has 3 nitrogen and oxygen atoms in total. The molecule has 6 heteroatoms. The van der Waals surface area contributed by atoms with Crippen molar-refractivity contribution in [1.82, 2.24) is 5.32 Å². The average molecular weight is 224 g/mol. The van der Waals surface area contributed by atoms with Gasteiger partial charge >= 0.3 is 6.18 Å². The molecule has 0 aliphatic rings. The fourth-order valence-electron chi connectivity index (χ4n) is 1.02. The normalized spacial score (nSPS) is 13.5. The Balaban J connectivity index is 3.53. The Morgan fingerprint density at radius 2 is 1.93 bits per heavy atom. The molecule has 0 aromatic rings. The van der Waals surface area contributed by atoms with Crippen LogP contribution in [-0.2, 0) is 0 Å². The minimum Gasteiger partial charge on any atom is -0.396 e. The Morgan fingerprint density at radius 1 is 1.27 bits per heavy atom. The second kappa shape index (κ2) is 7.49. The lowest BCUT2D eigenvalue weighted by molar-refractivity contribution is -0.157. The van der Waals surface area contributed by atoms with Crippen LogP contribution in [0.15, 0.2) is 0 Å². The van der Waals surface area contributed by atoms with Crippen LogP contribution in [-0.4, -0.2) is 31.0 Å². The smallest absolute Gasteiger partial charge is 0.396 e. The molecule has 0 bridgehead atoms. The minimum atomic E-state index is -4.45. The number of halogens is 3. The molecule has 0 amide bonds. The highest BCUT2D eigenvalue weighted by Gasteiger charge is 2.39. The van der Waals surface area contributed by atoms with Gasteiger partial charge in [-0.25, -0.2) is 0 Å². The van der Waals surface area contributed by atoms with Gasteiger partial charge in [-0.1, -0.05) is 0 Å². The van der Waals surface area contributed by atoms with Crippen molar-refractivity contribution in [3.8, 4) is 6.07 Å². The van der Waals surface area contributed by atoms with E-state index >= 15 is 0 Å². The molecule has 88 valence electrons. The van der Waals surface area contributed by atoms with Gasteiger partial charge in [-0.3, -0.25) is 0 Å². The molecule has 0 spiro atoms. The number of hydrogen-bond acceptors (Lipinski definition) is 3. The highest BCUT2D eigenvalue weighted by Crippen LogP contribution is 2.24. The van der Waals surface area contributed by atoms with Crippen LogP contribution >= 0.6 is 0 Å². The van der Waals surface area contributed by atoms with Gasteiger partial charge in [0, 0.05) is 13.2 Å². The van der Waals surface area contributed by atoms with Crippen LogP contribution in [0.3, 0.4) is 0 Å². The van der Waals surface area contributed by atoms with Crippen LogP contribution in [0.4, 0.5) is 13.2 Å². The highest BCUT2D eigenvalue weighted by atomic mass is 19.4. The molecule has 0 rings (SSSR count). The van der Waals surface area contributed by atoms with Crippen LogP contribution in [0.2, 0.25) is 0 Å². The summed E-state index contributed by atoms with van der Waals surface area (Å²) in [5, 5.41) is 19.3. The molecule has 0 aromatic carbocycles. The molecule has 0 saturated carbocycles. The fourth-order valence-corrected chi connectivity index (χ4v) is 1.02. The topological polar surface area (TPSA) is 56.0 Å². The van der Waals surface area contributed by atoms with Crippen molar-refractivity contribution in [2.24, 2.45) is 5.92 Å². The van der Waals surface area contributed by atoms with Gasteiger partial charge in [0.15, 0.2) is 5.92 Å². The first-order valence-electron chi connectivity index (χ1n) is 4.80. The number of rotatable bonds is 7. The Bertz CT molecular complexity index is 201. The van der Waals surface area contributed by atoms with Crippen molar-refractivity contribution >= 4 is 0 Å². The van der Waals surface area contributed by atoms with Crippen molar-refractivity contribution in [3.05, 3.63) is 0 Å². The van der Waals surface area contributed by atoms with Crippen molar-refractivity contribution in [1.29, 1.82) is 5.26 Å². The molecule has 1 atom stereocenters. The summed E-state index contributed by atoms with van der Waals surface area (Å²) in [5.41, 5.74) is 0. The average Bonchev–Trinajstić information content (AvgIpc) is 2.15. The number of hydrogen-bond donors (Lipinski definition) is 2. The van der Waals surface area contributed by atoms with Gasteiger partial charge in [-0.15, -0.1) is 0 Å². The molecule has 0 saturated heterocycles. The molecule has 0 heterocycles. The molecular weight excluding hydrogens is 209 g/mol. The second-order valence-electron chi connectivity index (χ2n) is 3.21. The number of unbranched alkanes of at least 4 members (excludes halogenated alkanes) is 2. The minimum absolute atomic E-state index is 0.101. The van der Waals surface area contributed by atoms with Gasteiger partial charge < -0.3 is 10.4 Å². The largest absolute Gasteiger partial charge is 0.405 e. The Morgan fingerprint density at radius 3 is 2.40 bits per heavy atom. The summed E-state index contributed by atoms with van der Waals surface area (Å²) in [6.07, 6.45) is -2.32. The van der Waals surface area contributed by atoms with E-state index in [4.69, 9.17) is 10.4 Å². The lowest BCUT2D eigenvalue weighted by atomic mass is 10.1. The van der Waals surface area contributed by atoms with E-state index in [0.29, 0.717) is 19.4 Å². The summed E-state index contributed by atoms with van der Waals surface area (Å²) in [4.78, 5) is 0. The maximum atomic E-state index is 12.1. The monoisotopic (exact) mass is 224 g/mol. The zero-order chi connectivity index (χ0) is 11.7. The van der Waals surface area contributed by atoms with E-state index in [1.165, 1.54) is 6.07 Å². The molecule has 0 radical (unpaired) electrons. The van der Waals surface area contributed by atoms with Gasteiger partial charge in [0.2, 0.25) is 0 Å². The summed E-state index contributed by atoms with van der Waals surface area (Å²) in [7, 11) is 0. The van der Waals surface area contributed by atoms with Crippen LogP contribution in [0.5, 0.6) is 0 Å². The lowest BCUT2D eigenvalue weighted by Crippen LogP contribution is -2.32. The van der Waals surface area contributed by atoms with E-state index in [9.17, 15) is 13.2 Å². The first-order chi connectivity index (χ1) is 7.02. The molecular formula is C9H15F3N2O. The standard InChI is InChI=1S/C9H15F3N2O/c10-9(11,12)8(6-13)7-14-4-2-1-3-5-15/h8,14-15H,1-5,7H2. The van der Waals surface area contributed by atoms with Crippen molar-refractivity contribution < 1.29 is 18.3 Å². The van der Waals surface area contributed by atoms with Gasteiger partial charge in [-0.2, -0.15) is 18.4 Å². The fraction of sp³-hybridized carbons (Fsp3) is 0.889. The summed E-state index contributed by atoms with van der Waals surface area (Å²) in [6, 6.07) is 1.22. The summed E-state index contributed by atoms with van der Waals surface area (Å²) in [5.74, 6) is -1.93. The van der Waals surface area contributed by atoms with Crippen LogP contribution < -0.4 is 5.32 Å². The van der Waals surface area contributed by atoms with Crippen LogP contribution in [0.1, 0.15) is 19.3 Å². The van der Waals surface area contributed by atoms with Gasteiger partial charge in [0.25, 0.3) is 0 Å². The maximum absolute atomic E-state index is 12.1. The maximum Gasteiger partial charge on any atom is 0.405 e. The number of nitrogens with one attached hydrogen (secondary N) is 1. The molecule has 0 fully saturated rings. The Hall–Kier alpha value is -0.800. The second-order valence-corrected chi connectivity index (χ2v) is 3.21. The first-order valence-corrected chi connectivity index (χ1v) is 4.80. The molecule has 1 unspecified atom stereocenters. The number of aliphatic hydroxyl groups is 1. The van der Waals surface area contributed by atoms with Crippen LogP contribution in [0, 0.1) is 17.2 Å². The van der Waals surface area contributed by atoms with E-state index in [0.717, 1.165) is 6.42 Å². The predicted octanol–water partition coefficient (Wildman–Crippen LogP) is 1.44. The lowest BCUT2D eigenvalue weighted by Gasteiger charge is -2.13. The Labute approximate surface area is 86.9 Å². The zero-order valence-electron chi connectivity index (χ0n) is 8.35. The van der Waals surface area contributed by atoms with E-state index in [-0.39, 0.29) is 13.2 Å². The number of nitriles is 1. The third-order valence-electron chi connectivity index (χ3n) is 1.91. The summed E-state index contributed by atoms with van der Waals surface area (Å²) < 4.78 is 36.2. The SMILES string of the molecule is N#CC(CNCCCCCO)C(F)(F)F. The predicted molar refractivity (Wildman–Crippen MR) is 49.0 cm³/mol. The summed E-state index contributed by atoms with van der Waals surface area (Å²) >= 11 is 0. The Kier molecular flexibility index (Phi) is 7.09. The van der Waals surface area contributed by atoms with Crippen LogP contribution in [0.25, 0.3) is 0 Å². The van der Waals surface area contributed by atoms with Gasteiger partial charge in [0.05, 0.1) is 6.07 Å². The molecule has 0 aliphatic carbocycles. The summed E-state index contributed by atoms with van der Waals surface area (Å²) in [6.45, 7) is 0.177. The highest BCUT2D eigenvalue weighted by molar-refractivity contribution is 4.89. The molecule has 0 aromatic heterocycles. The van der Waals surface area contributed by atoms with E-state index < -0.39 is 12.1 Å². The zero-order valence-corrected chi connectivity index (χ0v) is 8.35. The first kappa shape index (κ1) is 14.2. The van der Waals surface area contributed by atoms with Crippen molar-refractivity contribution in [3.63, 3.8) is 0 Å². The van der Waals surface area contributed by atoms with Gasteiger partial charge in [-0.05, 0) is 25.8 Å². The van der Waals surface area contributed by atoms with E-state index in [2.05, 4.69) is 5.32 Å². The number of aliphatic hydroxyl groups excluding tert-OH is 1. The van der Waals surface area contributed by atoms with Crippen molar-refractivity contribution in [2.45, 2.75) is 25.4 Å². The molecule has 0 aliphatic heterocycles. The molecule has 2 N–H and O–H groups in total. The molecule has 15 heavy (non-hydrogen) atoms. The number of alkyl halides is 3. The third kappa shape index (κ3) is 7.17. The third-order valence-corrected chi connectivity index (χ3v) is 1.91. The van der Waals surface area contributed by atoms with Gasteiger partial charge in [0.1, 0.15) is 0 Å². The van der Waals surface area contributed by atoms with E-state index in [1.54, 1.807) is 0 Å². The number of nitrogens with zero attached hydrogens (tertiary/aromatic N) is 1. The quantitative estimate of drug-likeness (QED) is 0.643. The van der Waals surface area contributed by atoms with Crippen molar-refractivity contribution in [2.75, 3.05) is 19.7 Å².